The molecule has 1 N–H and O–H groups in total. The maximum atomic E-state index is 13.3. The lowest BCUT2D eigenvalue weighted by Gasteiger charge is -2.38. The standard InChI is InChI=1S/C20H30N2O6S/c1-20(2,3)21-29(24,25)17-13-14(8-9-16(17)26-4)18(23)22-10-6-5-7-15(22)19-27-11-12-28-19/h8-9,13,15,19,21H,5-7,10-12H2,1-4H3. The lowest BCUT2D eigenvalue weighted by molar-refractivity contribution is -0.100. The molecule has 162 valence electrons. The number of ether oxygens (including phenoxy) is 3. The van der Waals surface area contributed by atoms with Crippen LogP contribution < -0.4 is 9.46 Å². The molecule has 0 aromatic heterocycles. The normalized spacial score (nSPS) is 21.4. The Morgan fingerprint density at radius 2 is 1.90 bits per heavy atom. The van der Waals surface area contributed by atoms with E-state index >= 15 is 0 Å². The van der Waals surface area contributed by atoms with E-state index in [1.807, 2.05) is 0 Å². The Balaban J connectivity index is 1.92. The predicted molar refractivity (Wildman–Crippen MR) is 107 cm³/mol. The second-order valence-corrected chi connectivity index (χ2v) is 10.0. The Morgan fingerprint density at radius 1 is 1.21 bits per heavy atom. The van der Waals surface area contributed by atoms with Gasteiger partial charge in [0.1, 0.15) is 10.6 Å². The van der Waals surface area contributed by atoms with Crippen LogP contribution in [0, 0.1) is 0 Å². The van der Waals surface area contributed by atoms with Crippen molar-refractivity contribution in [1.29, 1.82) is 0 Å². The molecule has 29 heavy (non-hydrogen) atoms. The number of nitrogens with one attached hydrogen (secondary N) is 1. The molecule has 1 aromatic rings. The number of methoxy groups -OCH3 is 1. The highest BCUT2D eigenvalue weighted by molar-refractivity contribution is 7.89. The number of benzene rings is 1. The minimum Gasteiger partial charge on any atom is -0.495 e. The summed E-state index contributed by atoms with van der Waals surface area (Å²) in [5.74, 6) is -0.0420. The van der Waals surface area contributed by atoms with E-state index in [4.69, 9.17) is 14.2 Å². The molecule has 2 fully saturated rings. The van der Waals surface area contributed by atoms with Crippen LogP contribution in [0.15, 0.2) is 23.1 Å². The van der Waals surface area contributed by atoms with Crippen molar-refractivity contribution < 1.29 is 27.4 Å². The van der Waals surface area contributed by atoms with Gasteiger partial charge in [-0.25, -0.2) is 13.1 Å². The number of amides is 1. The summed E-state index contributed by atoms with van der Waals surface area (Å²) in [4.78, 5) is 15.0. The smallest absolute Gasteiger partial charge is 0.254 e. The maximum Gasteiger partial charge on any atom is 0.254 e. The topological polar surface area (TPSA) is 94.2 Å². The minimum absolute atomic E-state index is 0.0531. The molecule has 0 spiro atoms. The van der Waals surface area contributed by atoms with Gasteiger partial charge in [0.05, 0.1) is 26.4 Å². The molecule has 2 saturated heterocycles. The van der Waals surface area contributed by atoms with Crippen LogP contribution >= 0.6 is 0 Å². The lowest BCUT2D eigenvalue weighted by atomic mass is 10.00. The number of nitrogens with zero attached hydrogens (tertiary/aromatic N) is 1. The van der Waals surface area contributed by atoms with Gasteiger partial charge in [-0.1, -0.05) is 0 Å². The van der Waals surface area contributed by atoms with Crippen LogP contribution in [0.25, 0.3) is 0 Å². The first-order valence-electron chi connectivity index (χ1n) is 9.88. The van der Waals surface area contributed by atoms with E-state index in [-0.39, 0.29) is 22.6 Å². The van der Waals surface area contributed by atoms with Gasteiger partial charge in [0, 0.05) is 17.6 Å². The van der Waals surface area contributed by atoms with Crippen molar-refractivity contribution >= 4 is 15.9 Å². The third kappa shape index (κ3) is 5.09. The number of hydrogen-bond acceptors (Lipinski definition) is 6. The Morgan fingerprint density at radius 3 is 2.52 bits per heavy atom. The third-order valence-electron chi connectivity index (χ3n) is 4.91. The summed E-state index contributed by atoms with van der Waals surface area (Å²) in [6.45, 7) is 6.89. The largest absolute Gasteiger partial charge is 0.495 e. The molecule has 2 aliphatic rings. The first-order chi connectivity index (χ1) is 13.6. The van der Waals surface area contributed by atoms with E-state index < -0.39 is 21.9 Å². The zero-order chi connectivity index (χ0) is 21.2. The highest BCUT2D eigenvalue weighted by Gasteiger charge is 2.37. The summed E-state index contributed by atoms with van der Waals surface area (Å²) < 4.78 is 44.9. The van der Waals surface area contributed by atoms with Crippen LogP contribution in [0.5, 0.6) is 5.75 Å². The van der Waals surface area contributed by atoms with Gasteiger partial charge in [0.25, 0.3) is 5.91 Å². The SMILES string of the molecule is COc1ccc(C(=O)N2CCCCC2C2OCCO2)cc1S(=O)(=O)NC(C)(C)C. The molecule has 3 rings (SSSR count). The summed E-state index contributed by atoms with van der Waals surface area (Å²) >= 11 is 0. The van der Waals surface area contributed by atoms with Gasteiger partial charge in [-0.3, -0.25) is 4.79 Å². The molecule has 1 aromatic carbocycles. The Kier molecular flexibility index (Phi) is 6.52. The fraction of sp³-hybridized carbons (Fsp3) is 0.650. The molecule has 1 amide bonds. The van der Waals surface area contributed by atoms with Gasteiger partial charge in [-0.2, -0.15) is 0 Å². The Hall–Kier alpha value is -1.68. The molecule has 2 aliphatic heterocycles. The van der Waals surface area contributed by atoms with Crippen molar-refractivity contribution in [3.63, 3.8) is 0 Å². The van der Waals surface area contributed by atoms with Crippen molar-refractivity contribution in [2.45, 2.75) is 62.8 Å². The monoisotopic (exact) mass is 426 g/mol. The quantitative estimate of drug-likeness (QED) is 0.775. The molecule has 8 nitrogen and oxygen atoms in total. The van der Waals surface area contributed by atoms with E-state index in [0.717, 1.165) is 19.3 Å². The van der Waals surface area contributed by atoms with Crippen molar-refractivity contribution in [3.05, 3.63) is 23.8 Å². The summed E-state index contributed by atoms with van der Waals surface area (Å²) in [5.41, 5.74) is -0.371. The van der Waals surface area contributed by atoms with E-state index in [2.05, 4.69) is 4.72 Å². The Bertz CT molecular complexity index is 843. The zero-order valence-corrected chi connectivity index (χ0v) is 18.3. The molecule has 0 radical (unpaired) electrons. The highest BCUT2D eigenvalue weighted by Crippen LogP contribution is 2.29. The maximum absolute atomic E-state index is 13.3. The predicted octanol–water partition coefficient (Wildman–Crippen LogP) is 2.14. The molecule has 1 atom stereocenters. The van der Waals surface area contributed by atoms with Crippen molar-refractivity contribution in [2.24, 2.45) is 0 Å². The van der Waals surface area contributed by atoms with Crippen LogP contribution in [-0.2, 0) is 19.5 Å². The van der Waals surface area contributed by atoms with Gasteiger partial charge in [0.2, 0.25) is 10.0 Å². The highest BCUT2D eigenvalue weighted by atomic mass is 32.2. The average Bonchev–Trinajstić information content (AvgIpc) is 3.19. The minimum atomic E-state index is -3.87. The Labute approximate surface area is 172 Å². The third-order valence-corrected chi connectivity index (χ3v) is 6.69. The van der Waals surface area contributed by atoms with Crippen LogP contribution in [0.4, 0.5) is 0 Å². The van der Waals surface area contributed by atoms with E-state index in [9.17, 15) is 13.2 Å². The van der Waals surface area contributed by atoms with Crippen LogP contribution in [0.1, 0.15) is 50.4 Å². The fourth-order valence-electron chi connectivity index (χ4n) is 3.73. The molecule has 0 saturated carbocycles. The number of carbonyl (C=O) groups is 1. The summed E-state index contributed by atoms with van der Waals surface area (Å²) in [7, 11) is -2.47. The summed E-state index contributed by atoms with van der Waals surface area (Å²) in [6, 6.07) is 4.33. The summed E-state index contributed by atoms with van der Waals surface area (Å²) in [6.07, 6.45) is 2.25. The summed E-state index contributed by atoms with van der Waals surface area (Å²) in [5, 5.41) is 0. The molecule has 0 bridgehead atoms. The van der Waals surface area contributed by atoms with Gasteiger partial charge in [0.15, 0.2) is 6.29 Å². The zero-order valence-electron chi connectivity index (χ0n) is 17.4. The van der Waals surface area contributed by atoms with Crippen LogP contribution in [0.3, 0.4) is 0 Å². The molecule has 2 heterocycles. The number of sulfonamides is 1. The van der Waals surface area contributed by atoms with E-state index in [1.165, 1.54) is 19.2 Å². The van der Waals surface area contributed by atoms with Crippen LogP contribution in [0.2, 0.25) is 0 Å². The van der Waals surface area contributed by atoms with Gasteiger partial charge in [-0.05, 0) is 58.2 Å². The molecular formula is C20H30N2O6S. The fourth-order valence-corrected chi connectivity index (χ4v) is 5.35. The van der Waals surface area contributed by atoms with Crippen molar-refractivity contribution in [1.82, 2.24) is 9.62 Å². The second-order valence-electron chi connectivity index (χ2n) is 8.39. The first kappa shape index (κ1) is 22.0. The number of carbonyl (C=O) groups excluding carboxylic acids is 1. The molecular weight excluding hydrogens is 396 g/mol. The first-order valence-corrected chi connectivity index (χ1v) is 11.4. The average molecular weight is 427 g/mol. The number of piperidine rings is 1. The van der Waals surface area contributed by atoms with E-state index in [0.29, 0.717) is 25.3 Å². The van der Waals surface area contributed by atoms with Gasteiger partial charge in [-0.15, -0.1) is 0 Å². The molecule has 0 aliphatic carbocycles. The van der Waals surface area contributed by atoms with Crippen molar-refractivity contribution in [3.8, 4) is 5.75 Å². The van der Waals surface area contributed by atoms with Crippen molar-refractivity contribution in [2.75, 3.05) is 26.9 Å². The van der Waals surface area contributed by atoms with Gasteiger partial charge < -0.3 is 19.1 Å². The number of likely N-dealkylation sites (tertiary alicyclic amines) is 1. The number of rotatable bonds is 5. The lowest BCUT2D eigenvalue weighted by Crippen LogP contribution is -2.50. The second kappa shape index (κ2) is 8.59. The molecule has 9 heteroatoms. The van der Waals surface area contributed by atoms with E-state index in [1.54, 1.807) is 31.7 Å². The number of hydrogen-bond donors (Lipinski definition) is 1. The molecule has 1 unspecified atom stereocenters. The van der Waals surface area contributed by atoms with Crippen LogP contribution in [-0.4, -0.2) is 64.0 Å². The van der Waals surface area contributed by atoms with Gasteiger partial charge >= 0.3 is 0 Å².